The van der Waals surface area contributed by atoms with Gasteiger partial charge in [0, 0.05) is 17.5 Å². The van der Waals surface area contributed by atoms with Crippen molar-refractivity contribution in [1.29, 1.82) is 0 Å². The topological polar surface area (TPSA) is 103 Å². The minimum atomic E-state index is -0.594. The first-order valence-electron chi connectivity index (χ1n) is 14.1. The van der Waals surface area contributed by atoms with Gasteiger partial charge in [0.2, 0.25) is 0 Å². The predicted molar refractivity (Wildman–Crippen MR) is 159 cm³/mol. The fourth-order valence-electron chi connectivity index (χ4n) is 5.29. The minimum absolute atomic E-state index is 0. The summed E-state index contributed by atoms with van der Waals surface area (Å²) in [7, 11) is 0. The van der Waals surface area contributed by atoms with Crippen molar-refractivity contribution in [2.45, 2.75) is 58.5 Å². The molecule has 0 unspecified atom stereocenters. The minimum Gasteiger partial charge on any atom is -1.00 e. The van der Waals surface area contributed by atoms with Crippen LogP contribution in [-0.4, -0.2) is 25.8 Å². The first kappa shape index (κ1) is 30.4. The largest absolute Gasteiger partial charge is 1.00 e. The van der Waals surface area contributed by atoms with E-state index in [0.29, 0.717) is 29.7 Å². The molecule has 1 saturated carbocycles. The maximum Gasteiger partial charge on any atom is 1.00 e. The van der Waals surface area contributed by atoms with Gasteiger partial charge in [-0.1, -0.05) is 67.0 Å². The number of hydrogen-bond donors (Lipinski definition) is 1. The van der Waals surface area contributed by atoms with Crippen LogP contribution in [0.4, 0.5) is 0 Å². The average Bonchev–Trinajstić information content (AvgIpc) is 3.40. The van der Waals surface area contributed by atoms with E-state index >= 15 is 0 Å². The van der Waals surface area contributed by atoms with Crippen LogP contribution in [0.25, 0.3) is 28.2 Å². The standard InChI is InChI=1S/C33H32N4O4.K.H/c1-3-7-30-29(32(38)37(21(2)34-30)24-16-18-26(19-17-24)40-25-8-6-9-25)20-22-12-14-23(15-13-22)27-10-4-5-11-28(27)31-35-33(39)41-36-31;;/h4-5,10-19,25H,3,6-9,20H2,1-2H3,(H,35,36,39);;/q;+1;-1. The Morgan fingerprint density at radius 1 is 1.00 bits per heavy atom. The summed E-state index contributed by atoms with van der Waals surface area (Å²) < 4.78 is 12.4. The molecule has 0 bridgehead atoms. The molecule has 0 spiro atoms. The summed E-state index contributed by atoms with van der Waals surface area (Å²) in [5, 5.41) is 3.85. The number of ether oxygens (including phenoxy) is 1. The number of H-pyrrole nitrogens is 1. The summed E-state index contributed by atoms with van der Waals surface area (Å²) in [5.41, 5.74) is 5.95. The number of aromatic amines is 1. The predicted octanol–water partition coefficient (Wildman–Crippen LogP) is 3.14. The molecule has 6 rings (SSSR count). The second kappa shape index (κ2) is 13.5. The molecule has 0 radical (unpaired) electrons. The number of aromatic nitrogens is 4. The Morgan fingerprint density at radius 2 is 1.71 bits per heavy atom. The number of nitrogens with one attached hydrogen (secondary N) is 1. The molecule has 1 fully saturated rings. The van der Waals surface area contributed by atoms with Crippen LogP contribution in [-0.2, 0) is 12.8 Å². The van der Waals surface area contributed by atoms with Gasteiger partial charge in [0.1, 0.15) is 11.6 Å². The molecule has 5 aromatic rings. The van der Waals surface area contributed by atoms with Crippen LogP contribution in [0.3, 0.4) is 0 Å². The molecule has 1 aliphatic carbocycles. The van der Waals surface area contributed by atoms with Gasteiger partial charge in [-0.25, -0.2) is 9.78 Å². The van der Waals surface area contributed by atoms with Crippen LogP contribution >= 0.6 is 0 Å². The summed E-state index contributed by atoms with van der Waals surface area (Å²) in [6.45, 7) is 3.99. The second-order valence-corrected chi connectivity index (χ2v) is 10.5. The second-order valence-electron chi connectivity index (χ2n) is 10.5. The van der Waals surface area contributed by atoms with Gasteiger partial charge in [-0.15, -0.1) is 0 Å². The third-order valence-electron chi connectivity index (χ3n) is 7.63. The van der Waals surface area contributed by atoms with Crippen molar-refractivity contribution in [3.8, 4) is 34.0 Å². The van der Waals surface area contributed by atoms with Crippen molar-refractivity contribution in [1.82, 2.24) is 19.7 Å². The van der Waals surface area contributed by atoms with E-state index in [1.807, 2.05) is 79.7 Å². The number of hydrogen-bond acceptors (Lipinski definition) is 6. The average molecular weight is 589 g/mol. The molecule has 0 aliphatic heterocycles. The van der Waals surface area contributed by atoms with Crippen LogP contribution in [0.5, 0.6) is 5.75 Å². The van der Waals surface area contributed by atoms with E-state index in [-0.39, 0.29) is 58.4 Å². The molecule has 9 heteroatoms. The van der Waals surface area contributed by atoms with Crippen LogP contribution in [0.15, 0.2) is 86.9 Å². The number of aryl methyl sites for hydroxylation is 2. The Balaban J connectivity index is 0.00000212. The maximum absolute atomic E-state index is 13.9. The molecule has 3 aromatic carbocycles. The molecule has 0 amide bonds. The van der Waals surface area contributed by atoms with Crippen LogP contribution in [0.1, 0.15) is 56.7 Å². The van der Waals surface area contributed by atoms with Crippen LogP contribution < -0.4 is 67.4 Å². The summed E-state index contributed by atoms with van der Waals surface area (Å²) in [5.74, 6) is 1.29. The molecule has 8 nitrogen and oxygen atoms in total. The van der Waals surface area contributed by atoms with Gasteiger partial charge in [-0.05, 0) is 73.6 Å². The Morgan fingerprint density at radius 3 is 2.33 bits per heavy atom. The Labute approximate surface area is 288 Å². The first-order valence-corrected chi connectivity index (χ1v) is 14.1. The Hall–Kier alpha value is -3.08. The van der Waals surface area contributed by atoms with Crippen molar-refractivity contribution in [2.24, 2.45) is 0 Å². The van der Waals surface area contributed by atoms with Crippen molar-refractivity contribution in [2.75, 3.05) is 0 Å². The van der Waals surface area contributed by atoms with E-state index < -0.39 is 5.76 Å². The Bertz CT molecular complexity index is 1790. The van der Waals surface area contributed by atoms with Crippen LogP contribution in [0, 0.1) is 6.92 Å². The molecule has 0 atom stereocenters. The molecule has 1 aliphatic rings. The van der Waals surface area contributed by atoms with Crippen LogP contribution in [0.2, 0.25) is 0 Å². The SMILES string of the molecule is CCCc1nc(C)n(-c2ccc(OC3CCC3)cc2)c(=O)c1Cc1ccc(-c2ccccc2-c2noc(=O)[nH]2)cc1.[H-].[K+]. The zero-order valence-corrected chi connectivity index (χ0v) is 27.3. The normalized spacial score (nSPS) is 12.9. The third-order valence-corrected chi connectivity index (χ3v) is 7.63. The zero-order valence-electron chi connectivity index (χ0n) is 25.2. The van der Waals surface area contributed by atoms with Gasteiger partial charge >= 0.3 is 57.1 Å². The molecule has 2 heterocycles. The van der Waals surface area contributed by atoms with E-state index in [1.165, 1.54) is 6.42 Å². The number of nitrogens with zero attached hydrogens (tertiary/aromatic N) is 3. The number of rotatable bonds is 9. The quantitative estimate of drug-likeness (QED) is 0.266. The first-order chi connectivity index (χ1) is 20.0. The van der Waals surface area contributed by atoms with Crippen molar-refractivity contribution in [3.63, 3.8) is 0 Å². The van der Waals surface area contributed by atoms with E-state index in [0.717, 1.165) is 65.1 Å². The summed E-state index contributed by atoms with van der Waals surface area (Å²) in [4.78, 5) is 33.0. The van der Waals surface area contributed by atoms with Crippen molar-refractivity contribution >= 4 is 0 Å². The molecular formula is C33H33KN4O4. The van der Waals surface area contributed by atoms with Gasteiger partial charge in [-0.3, -0.25) is 18.9 Å². The fraction of sp³-hybridized carbons (Fsp3) is 0.273. The molecule has 0 saturated heterocycles. The summed E-state index contributed by atoms with van der Waals surface area (Å²) in [6.07, 6.45) is 5.83. The van der Waals surface area contributed by atoms with Crippen molar-refractivity contribution < 1.29 is 62.1 Å². The van der Waals surface area contributed by atoms with E-state index in [2.05, 4.69) is 17.1 Å². The smallest absolute Gasteiger partial charge is 1.00 e. The summed E-state index contributed by atoms with van der Waals surface area (Å²) >= 11 is 0. The third kappa shape index (κ3) is 6.45. The van der Waals surface area contributed by atoms with Gasteiger partial charge in [-0.2, -0.15) is 0 Å². The molecule has 210 valence electrons. The number of benzene rings is 3. The zero-order chi connectivity index (χ0) is 28.3. The molecule has 2 aromatic heterocycles. The Kier molecular flexibility index (Phi) is 9.75. The fourth-order valence-corrected chi connectivity index (χ4v) is 5.29. The van der Waals surface area contributed by atoms with E-state index in [1.54, 1.807) is 4.57 Å². The monoisotopic (exact) mass is 588 g/mol. The van der Waals surface area contributed by atoms with Gasteiger partial charge in [0.15, 0.2) is 5.82 Å². The van der Waals surface area contributed by atoms with Gasteiger partial charge in [0.05, 0.1) is 17.5 Å². The van der Waals surface area contributed by atoms with Gasteiger partial charge in [0.25, 0.3) is 5.56 Å². The van der Waals surface area contributed by atoms with Crippen molar-refractivity contribution in [3.05, 3.63) is 116 Å². The van der Waals surface area contributed by atoms with E-state index in [9.17, 15) is 9.59 Å². The van der Waals surface area contributed by atoms with Gasteiger partial charge < -0.3 is 6.16 Å². The van der Waals surface area contributed by atoms with E-state index in [4.69, 9.17) is 14.2 Å². The summed E-state index contributed by atoms with van der Waals surface area (Å²) in [6, 6.07) is 23.5. The molecule has 1 N–H and O–H groups in total. The maximum atomic E-state index is 13.9. The molecular weight excluding hydrogens is 555 g/mol. The molecule has 42 heavy (non-hydrogen) atoms.